The largest absolute Gasteiger partial charge is 0.496 e. The molecule has 6 heteroatoms. The maximum Gasteiger partial charge on any atom is 0.238 e. The Labute approximate surface area is 134 Å². The third kappa shape index (κ3) is 3.62. The second-order valence-corrected chi connectivity index (χ2v) is 5.92. The summed E-state index contributed by atoms with van der Waals surface area (Å²) in [5, 5.41) is 9.70. The van der Waals surface area contributed by atoms with Gasteiger partial charge in [-0.2, -0.15) is 0 Å². The topological polar surface area (TPSA) is 49.8 Å². The number of nitrogens with zero attached hydrogens (tertiary/aromatic N) is 1. The van der Waals surface area contributed by atoms with Gasteiger partial charge in [-0.15, -0.1) is 11.6 Å². The summed E-state index contributed by atoms with van der Waals surface area (Å²) in [7, 11) is 1.58. The molecule has 0 spiro atoms. The fourth-order valence-electron chi connectivity index (χ4n) is 2.66. The van der Waals surface area contributed by atoms with Crippen molar-refractivity contribution >= 4 is 29.1 Å². The maximum atomic E-state index is 12.1. The molecule has 2 rings (SSSR count). The maximum absolute atomic E-state index is 12.1. The van der Waals surface area contributed by atoms with E-state index in [0.717, 1.165) is 18.4 Å². The van der Waals surface area contributed by atoms with E-state index in [2.05, 4.69) is 0 Å². The Bertz CT molecular complexity index is 504. The minimum absolute atomic E-state index is 0.0624. The number of rotatable bonds is 6. The number of ether oxygens (including phenoxy) is 1. The fraction of sp³-hybridized carbons (Fsp3) is 0.533. The second kappa shape index (κ2) is 7.34. The van der Waals surface area contributed by atoms with Crippen LogP contribution in [0.2, 0.25) is 5.02 Å². The zero-order valence-corrected chi connectivity index (χ0v) is 13.4. The van der Waals surface area contributed by atoms with Gasteiger partial charge in [-0.25, -0.2) is 0 Å². The van der Waals surface area contributed by atoms with Crippen molar-refractivity contribution in [3.8, 4) is 5.75 Å². The van der Waals surface area contributed by atoms with Crippen molar-refractivity contribution in [2.45, 2.75) is 25.4 Å². The number of benzene rings is 1. The van der Waals surface area contributed by atoms with Crippen molar-refractivity contribution in [2.75, 3.05) is 19.6 Å². The predicted octanol–water partition coefficient (Wildman–Crippen LogP) is 2.69. The Morgan fingerprint density at radius 3 is 2.76 bits per heavy atom. The van der Waals surface area contributed by atoms with Gasteiger partial charge in [-0.1, -0.05) is 17.7 Å². The van der Waals surface area contributed by atoms with E-state index in [1.807, 2.05) is 12.1 Å². The first-order valence-corrected chi connectivity index (χ1v) is 7.79. The number of methoxy groups -OCH3 is 1. The number of halogens is 2. The van der Waals surface area contributed by atoms with Gasteiger partial charge in [0.05, 0.1) is 13.7 Å². The Kier molecular flexibility index (Phi) is 5.73. The third-order valence-electron chi connectivity index (χ3n) is 3.97. The Balaban J connectivity index is 2.18. The van der Waals surface area contributed by atoms with Gasteiger partial charge in [-0.3, -0.25) is 4.79 Å². The molecule has 1 aromatic carbocycles. The van der Waals surface area contributed by atoms with Crippen LogP contribution in [0.25, 0.3) is 0 Å². The molecule has 0 unspecified atom stereocenters. The summed E-state index contributed by atoms with van der Waals surface area (Å²) in [5.74, 6) is 0.745. The van der Waals surface area contributed by atoms with Crippen LogP contribution in [0.1, 0.15) is 18.4 Å². The van der Waals surface area contributed by atoms with E-state index in [9.17, 15) is 4.79 Å². The lowest BCUT2D eigenvalue weighted by atomic mass is 9.79. The van der Waals surface area contributed by atoms with Crippen molar-refractivity contribution in [2.24, 2.45) is 5.92 Å². The van der Waals surface area contributed by atoms with Crippen molar-refractivity contribution < 1.29 is 14.6 Å². The molecule has 0 bridgehead atoms. The third-order valence-corrected chi connectivity index (χ3v) is 4.55. The number of amides is 1. The number of aliphatic hydroxyl groups is 1. The van der Waals surface area contributed by atoms with Crippen molar-refractivity contribution in [3.05, 3.63) is 28.8 Å². The molecule has 0 aromatic heterocycles. The zero-order chi connectivity index (χ0) is 15.4. The quantitative estimate of drug-likeness (QED) is 0.815. The molecule has 0 saturated heterocycles. The van der Waals surface area contributed by atoms with Crippen LogP contribution in [0.3, 0.4) is 0 Å². The van der Waals surface area contributed by atoms with Crippen molar-refractivity contribution in [3.63, 3.8) is 0 Å². The normalized spacial score (nSPS) is 20.8. The first kappa shape index (κ1) is 16.4. The van der Waals surface area contributed by atoms with E-state index in [1.54, 1.807) is 18.1 Å². The molecule has 1 N–H and O–H groups in total. The van der Waals surface area contributed by atoms with Crippen LogP contribution < -0.4 is 4.74 Å². The average Bonchev–Trinajstić information content (AvgIpc) is 2.45. The van der Waals surface area contributed by atoms with Gasteiger partial charge in [0.1, 0.15) is 11.6 Å². The van der Waals surface area contributed by atoms with Gasteiger partial charge in [0.25, 0.3) is 0 Å². The number of carbonyl (C=O) groups excluding carboxylic acids is 1. The van der Waals surface area contributed by atoms with Crippen LogP contribution in [0, 0.1) is 5.92 Å². The minimum atomic E-state index is -0.125. The molecule has 0 heterocycles. The molecule has 0 aliphatic heterocycles. The van der Waals surface area contributed by atoms with Crippen LogP contribution in [0.4, 0.5) is 0 Å². The number of carbonyl (C=O) groups is 1. The number of alkyl halides is 1. The van der Waals surface area contributed by atoms with E-state index in [4.69, 9.17) is 33.0 Å². The van der Waals surface area contributed by atoms with Gasteiger partial charge >= 0.3 is 0 Å². The van der Waals surface area contributed by atoms with Crippen LogP contribution >= 0.6 is 23.2 Å². The molecule has 1 fully saturated rings. The van der Waals surface area contributed by atoms with Crippen molar-refractivity contribution in [1.82, 2.24) is 4.90 Å². The van der Waals surface area contributed by atoms with Crippen molar-refractivity contribution in [1.29, 1.82) is 0 Å². The number of hydrogen-bond donors (Lipinski definition) is 1. The van der Waals surface area contributed by atoms with Crippen LogP contribution in [0.15, 0.2) is 18.2 Å². The lowest BCUT2D eigenvalue weighted by molar-refractivity contribution is -0.135. The second-order valence-electron chi connectivity index (χ2n) is 5.25. The summed E-state index contributed by atoms with van der Waals surface area (Å²) in [5.41, 5.74) is 0.785. The molecule has 116 valence electrons. The first-order valence-electron chi connectivity index (χ1n) is 6.88. The lowest BCUT2D eigenvalue weighted by Crippen LogP contribution is -2.48. The van der Waals surface area contributed by atoms with E-state index in [0.29, 0.717) is 17.3 Å². The summed E-state index contributed by atoms with van der Waals surface area (Å²) in [6.07, 6.45) is 1.60. The molecule has 1 aliphatic carbocycles. The first-order chi connectivity index (χ1) is 10.1. The molecular weight excluding hydrogens is 313 g/mol. The van der Waals surface area contributed by atoms with Crippen LogP contribution in [-0.2, 0) is 11.3 Å². The summed E-state index contributed by atoms with van der Waals surface area (Å²) >= 11 is 11.9. The zero-order valence-electron chi connectivity index (χ0n) is 11.9. The molecule has 0 atom stereocenters. The highest BCUT2D eigenvalue weighted by molar-refractivity contribution is 6.31. The van der Waals surface area contributed by atoms with Gasteiger partial charge in [0.15, 0.2) is 0 Å². The Morgan fingerprint density at radius 1 is 1.48 bits per heavy atom. The van der Waals surface area contributed by atoms with Gasteiger partial charge < -0.3 is 14.7 Å². The van der Waals surface area contributed by atoms with Gasteiger partial charge in [0, 0.05) is 23.2 Å². The molecule has 1 aromatic rings. The standard InChI is InChI=1S/C15H19Cl2NO3/c1-21-14-4-2-3-13(17)12(14)8-18(15(20)7-16)11-5-10(6-11)9-19/h2-4,10-11,19H,5-9H2,1H3. The number of aliphatic hydroxyl groups excluding tert-OH is 1. The van der Waals surface area contributed by atoms with E-state index in [-0.39, 0.29) is 30.4 Å². The highest BCUT2D eigenvalue weighted by atomic mass is 35.5. The molecule has 1 saturated carbocycles. The van der Waals surface area contributed by atoms with Gasteiger partial charge in [0.2, 0.25) is 5.91 Å². The summed E-state index contributed by atoms with van der Waals surface area (Å²) in [4.78, 5) is 13.8. The molecule has 1 amide bonds. The van der Waals surface area contributed by atoms with Crippen LogP contribution in [-0.4, -0.2) is 41.6 Å². The summed E-state index contributed by atoms with van der Waals surface area (Å²) < 4.78 is 5.32. The van der Waals surface area contributed by atoms with E-state index >= 15 is 0 Å². The molecular formula is C15H19Cl2NO3. The monoisotopic (exact) mass is 331 g/mol. The molecule has 0 radical (unpaired) electrons. The number of hydrogen-bond acceptors (Lipinski definition) is 3. The predicted molar refractivity (Wildman–Crippen MR) is 82.9 cm³/mol. The summed E-state index contributed by atoms with van der Waals surface area (Å²) in [6.45, 7) is 0.534. The molecule has 1 aliphatic rings. The Hall–Kier alpha value is -0.970. The minimum Gasteiger partial charge on any atom is -0.496 e. The smallest absolute Gasteiger partial charge is 0.238 e. The SMILES string of the molecule is COc1cccc(Cl)c1CN(C(=O)CCl)C1CC(CO)C1. The fourth-order valence-corrected chi connectivity index (χ4v) is 3.03. The van der Waals surface area contributed by atoms with Crippen LogP contribution in [0.5, 0.6) is 5.75 Å². The highest BCUT2D eigenvalue weighted by Crippen LogP contribution is 2.35. The Morgan fingerprint density at radius 2 is 2.19 bits per heavy atom. The van der Waals surface area contributed by atoms with E-state index in [1.165, 1.54) is 0 Å². The average molecular weight is 332 g/mol. The molecule has 21 heavy (non-hydrogen) atoms. The molecule has 4 nitrogen and oxygen atoms in total. The summed E-state index contributed by atoms with van der Waals surface area (Å²) in [6, 6.07) is 5.51. The highest BCUT2D eigenvalue weighted by Gasteiger charge is 2.35. The van der Waals surface area contributed by atoms with E-state index < -0.39 is 0 Å². The van der Waals surface area contributed by atoms with Gasteiger partial charge in [-0.05, 0) is 30.9 Å². The lowest BCUT2D eigenvalue weighted by Gasteiger charge is -2.42.